The lowest BCUT2D eigenvalue weighted by atomic mass is 10.0. The van der Waals surface area contributed by atoms with Gasteiger partial charge in [-0.3, -0.25) is 14.8 Å². The van der Waals surface area contributed by atoms with Gasteiger partial charge in [0, 0.05) is 24.2 Å². The van der Waals surface area contributed by atoms with E-state index in [4.69, 9.17) is 0 Å². The first-order chi connectivity index (χ1) is 10.7. The molecule has 22 heavy (non-hydrogen) atoms. The van der Waals surface area contributed by atoms with E-state index in [1.165, 1.54) is 35.8 Å². The molecule has 0 aliphatic carbocycles. The molecule has 108 valence electrons. The molecule has 3 aromatic rings. The predicted molar refractivity (Wildman–Crippen MR) is 85.1 cm³/mol. The van der Waals surface area contributed by atoms with Crippen molar-refractivity contribution in [1.29, 1.82) is 0 Å². The van der Waals surface area contributed by atoms with Crippen LogP contribution in [0.4, 0.5) is 4.39 Å². The summed E-state index contributed by atoms with van der Waals surface area (Å²) < 4.78 is 14.1. The minimum absolute atomic E-state index is 0.180. The van der Waals surface area contributed by atoms with Crippen molar-refractivity contribution in [2.24, 2.45) is 0 Å². The van der Waals surface area contributed by atoms with E-state index in [1.54, 1.807) is 24.0 Å². The fourth-order valence-corrected chi connectivity index (χ4v) is 2.51. The molecule has 0 bridgehead atoms. The number of benzene rings is 1. The maximum Gasteiger partial charge on any atom is 0.197 e. The van der Waals surface area contributed by atoms with Gasteiger partial charge in [-0.05, 0) is 41.5 Å². The number of carbonyl (C=O) groups excluding carboxylic acids is 1. The van der Waals surface area contributed by atoms with Gasteiger partial charge in [0.15, 0.2) is 5.78 Å². The second-order valence-corrected chi connectivity index (χ2v) is 5.42. The van der Waals surface area contributed by atoms with Crippen LogP contribution < -0.4 is 0 Å². The standard InChI is InChI=1S/C17H11FN2OS/c18-15-9-14(12-5-7-19-8-6-12)2-1-13(15)3-4-16(21)17-10-20-11-22-17/h1-11H/b4-3+. The Kier molecular flexibility index (Phi) is 4.16. The van der Waals surface area contributed by atoms with E-state index < -0.39 is 0 Å². The van der Waals surface area contributed by atoms with Gasteiger partial charge in [-0.15, -0.1) is 11.3 Å². The minimum atomic E-state index is -0.373. The highest BCUT2D eigenvalue weighted by Gasteiger charge is 2.06. The van der Waals surface area contributed by atoms with Crippen molar-refractivity contribution in [3.8, 4) is 11.1 Å². The summed E-state index contributed by atoms with van der Waals surface area (Å²) in [5, 5.41) is 0. The van der Waals surface area contributed by atoms with Crippen molar-refractivity contribution < 1.29 is 9.18 Å². The van der Waals surface area contributed by atoms with E-state index in [-0.39, 0.29) is 11.6 Å². The van der Waals surface area contributed by atoms with Crippen LogP contribution in [0.25, 0.3) is 17.2 Å². The lowest BCUT2D eigenvalue weighted by molar-refractivity contribution is 0.105. The van der Waals surface area contributed by atoms with Crippen LogP contribution in [0.15, 0.2) is 60.5 Å². The SMILES string of the molecule is O=C(/C=C/c1ccc(-c2ccncc2)cc1F)c1cncs1. The number of aromatic nitrogens is 2. The lowest BCUT2D eigenvalue weighted by Crippen LogP contribution is -1.90. The zero-order valence-electron chi connectivity index (χ0n) is 11.4. The van der Waals surface area contributed by atoms with Gasteiger partial charge in [0.2, 0.25) is 0 Å². The van der Waals surface area contributed by atoms with Crippen molar-refractivity contribution in [3.63, 3.8) is 0 Å². The first-order valence-corrected chi connectivity index (χ1v) is 7.43. The Hall–Kier alpha value is -2.66. The first kappa shape index (κ1) is 14.3. The predicted octanol–water partition coefficient (Wildman–Crippen LogP) is 4.24. The third kappa shape index (κ3) is 3.15. The third-order valence-electron chi connectivity index (χ3n) is 3.10. The van der Waals surface area contributed by atoms with Gasteiger partial charge in [0.1, 0.15) is 5.82 Å². The molecule has 0 aliphatic rings. The smallest absolute Gasteiger partial charge is 0.197 e. The molecular weight excluding hydrogens is 299 g/mol. The molecule has 0 aliphatic heterocycles. The largest absolute Gasteiger partial charge is 0.288 e. The van der Waals surface area contributed by atoms with Crippen molar-refractivity contribution in [3.05, 3.63) is 76.8 Å². The van der Waals surface area contributed by atoms with E-state index in [2.05, 4.69) is 9.97 Å². The normalized spacial score (nSPS) is 11.0. The number of thiazole rings is 1. The highest BCUT2D eigenvalue weighted by Crippen LogP contribution is 2.22. The zero-order valence-corrected chi connectivity index (χ0v) is 12.3. The lowest BCUT2D eigenvalue weighted by Gasteiger charge is -2.03. The molecule has 0 fully saturated rings. The van der Waals surface area contributed by atoms with Crippen LogP contribution in [0, 0.1) is 5.82 Å². The quantitative estimate of drug-likeness (QED) is 0.535. The highest BCUT2D eigenvalue weighted by molar-refractivity contribution is 7.11. The van der Waals surface area contributed by atoms with Crippen molar-refractivity contribution in [2.45, 2.75) is 0 Å². The van der Waals surface area contributed by atoms with Gasteiger partial charge in [-0.1, -0.05) is 12.1 Å². The summed E-state index contributed by atoms with van der Waals surface area (Å²) >= 11 is 1.26. The van der Waals surface area contributed by atoms with Gasteiger partial charge in [-0.2, -0.15) is 0 Å². The molecule has 0 amide bonds. The summed E-state index contributed by atoms with van der Waals surface area (Å²) in [5.74, 6) is -0.553. The number of halogens is 1. The average Bonchev–Trinajstić information content (AvgIpc) is 3.09. The molecule has 0 spiro atoms. The summed E-state index contributed by atoms with van der Waals surface area (Å²) in [6.07, 6.45) is 7.66. The number of hydrogen-bond donors (Lipinski definition) is 0. The van der Waals surface area contributed by atoms with Gasteiger partial charge in [-0.25, -0.2) is 4.39 Å². The molecule has 2 heterocycles. The van der Waals surface area contributed by atoms with Crippen LogP contribution in [-0.2, 0) is 0 Å². The second-order valence-electron chi connectivity index (χ2n) is 4.54. The summed E-state index contributed by atoms with van der Waals surface area (Å²) in [6, 6.07) is 8.55. The Morgan fingerprint density at radius 2 is 1.91 bits per heavy atom. The summed E-state index contributed by atoms with van der Waals surface area (Å²) in [6.45, 7) is 0. The number of rotatable bonds is 4. The molecule has 0 saturated heterocycles. The molecule has 0 radical (unpaired) electrons. The van der Waals surface area contributed by atoms with E-state index in [0.29, 0.717) is 10.4 Å². The van der Waals surface area contributed by atoms with Gasteiger partial charge in [0.25, 0.3) is 0 Å². The second kappa shape index (κ2) is 6.41. The number of allylic oxidation sites excluding steroid dienone is 1. The average molecular weight is 310 g/mol. The summed E-state index contributed by atoms with van der Waals surface area (Å²) in [4.78, 5) is 20.1. The summed E-state index contributed by atoms with van der Waals surface area (Å²) in [7, 11) is 0. The van der Waals surface area contributed by atoms with E-state index in [1.807, 2.05) is 18.2 Å². The van der Waals surface area contributed by atoms with Crippen LogP contribution in [0.1, 0.15) is 15.2 Å². The first-order valence-electron chi connectivity index (χ1n) is 6.55. The maximum atomic E-state index is 14.1. The molecular formula is C17H11FN2OS. The van der Waals surface area contributed by atoms with Crippen molar-refractivity contribution >= 4 is 23.2 Å². The highest BCUT2D eigenvalue weighted by atomic mass is 32.1. The van der Waals surface area contributed by atoms with E-state index >= 15 is 0 Å². The monoisotopic (exact) mass is 310 g/mol. The Labute approximate surface area is 130 Å². The molecule has 2 aromatic heterocycles. The molecule has 5 heteroatoms. The number of pyridine rings is 1. The van der Waals surface area contributed by atoms with E-state index in [9.17, 15) is 9.18 Å². The molecule has 1 aromatic carbocycles. The van der Waals surface area contributed by atoms with E-state index in [0.717, 1.165) is 11.1 Å². The van der Waals surface area contributed by atoms with Crippen LogP contribution in [0.3, 0.4) is 0 Å². The maximum absolute atomic E-state index is 14.1. The van der Waals surface area contributed by atoms with Crippen molar-refractivity contribution in [2.75, 3.05) is 0 Å². The van der Waals surface area contributed by atoms with Crippen molar-refractivity contribution in [1.82, 2.24) is 9.97 Å². The molecule has 0 saturated carbocycles. The fourth-order valence-electron chi connectivity index (χ4n) is 1.97. The molecule has 3 rings (SSSR count). The van der Waals surface area contributed by atoms with Crippen LogP contribution in [0.2, 0.25) is 0 Å². The van der Waals surface area contributed by atoms with Gasteiger partial charge >= 0.3 is 0 Å². The zero-order chi connectivity index (χ0) is 15.4. The van der Waals surface area contributed by atoms with Crippen LogP contribution in [-0.4, -0.2) is 15.8 Å². The Morgan fingerprint density at radius 1 is 1.09 bits per heavy atom. The topological polar surface area (TPSA) is 42.9 Å². The van der Waals surface area contributed by atoms with Gasteiger partial charge in [0.05, 0.1) is 10.4 Å². The minimum Gasteiger partial charge on any atom is -0.288 e. The Balaban J connectivity index is 1.82. The third-order valence-corrected chi connectivity index (χ3v) is 3.89. The molecule has 0 N–H and O–H groups in total. The Morgan fingerprint density at radius 3 is 2.59 bits per heavy atom. The molecule has 3 nitrogen and oxygen atoms in total. The Bertz CT molecular complexity index is 814. The fraction of sp³-hybridized carbons (Fsp3) is 0. The number of carbonyl (C=O) groups is 1. The van der Waals surface area contributed by atoms with Gasteiger partial charge < -0.3 is 0 Å². The molecule has 0 atom stereocenters. The number of nitrogens with zero attached hydrogens (tertiary/aromatic N) is 2. The molecule has 0 unspecified atom stereocenters. The van der Waals surface area contributed by atoms with Crippen LogP contribution in [0.5, 0.6) is 0 Å². The summed E-state index contributed by atoms with van der Waals surface area (Å²) in [5.41, 5.74) is 3.62. The van der Waals surface area contributed by atoms with Crippen LogP contribution >= 0.6 is 11.3 Å². The number of hydrogen-bond acceptors (Lipinski definition) is 4. The number of ketones is 1.